The monoisotopic (exact) mass is 350 g/mol. The fraction of sp³-hybridized carbons (Fsp3) is 0.273. The Labute approximate surface area is 152 Å². The molecule has 3 aromatic rings. The van der Waals surface area contributed by atoms with Gasteiger partial charge in [-0.25, -0.2) is 0 Å². The number of aliphatic hydroxyl groups excluding tert-OH is 1. The van der Waals surface area contributed by atoms with Crippen LogP contribution in [0.4, 0.5) is 0 Å². The molecule has 0 amide bonds. The number of rotatable bonds is 3. The molecule has 0 bridgehead atoms. The van der Waals surface area contributed by atoms with E-state index in [0.717, 1.165) is 38.6 Å². The molecule has 0 saturated carbocycles. The molecule has 26 heavy (non-hydrogen) atoms. The van der Waals surface area contributed by atoms with Gasteiger partial charge < -0.3 is 19.7 Å². The van der Waals surface area contributed by atoms with E-state index < -0.39 is 0 Å². The SMILES string of the molecule is COc1ccc2c(O)cc3c(c2c1OC)-c1ccc(CO)cc1C3(C)C. The van der Waals surface area contributed by atoms with Crippen LogP contribution in [0.5, 0.6) is 17.2 Å². The number of aromatic hydroxyl groups is 1. The largest absolute Gasteiger partial charge is 0.507 e. The Hall–Kier alpha value is -2.72. The summed E-state index contributed by atoms with van der Waals surface area (Å²) in [7, 11) is 3.22. The molecule has 0 aromatic heterocycles. The second-order valence-electron chi connectivity index (χ2n) is 7.20. The van der Waals surface area contributed by atoms with Crippen molar-refractivity contribution in [3.8, 4) is 28.4 Å². The van der Waals surface area contributed by atoms with Gasteiger partial charge in [0, 0.05) is 16.2 Å². The molecular formula is C22H22O4. The predicted octanol–water partition coefficient (Wildman–Crippen LogP) is 4.36. The molecule has 0 radical (unpaired) electrons. The third-order valence-corrected chi connectivity index (χ3v) is 5.50. The lowest BCUT2D eigenvalue weighted by Gasteiger charge is -2.22. The van der Waals surface area contributed by atoms with E-state index in [-0.39, 0.29) is 17.8 Å². The quantitative estimate of drug-likeness (QED) is 0.737. The minimum absolute atomic E-state index is 0.00282. The number of fused-ring (bicyclic) bond motifs is 5. The average Bonchev–Trinajstić information content (AvgIpc) is 2.87. The number of phenolic OH excluding ortho intramolecular Hbond substituents is 1. The molecule has 1 aliphatic carbocycles. The standard InChI is InChI=1S/C22H22O4/c1-22(2)15-9-12(11-23)5-6-13(15)19-16(22)10-17(24)14-7-8-18(25-3)21(26-4)20(14)19/h5-10,23-24H,11H2,1-4H3. The maximum absolute atomic E-state index is 10.7. The van der Waals surface area contributed by atoms with Crippen LogP contribution in [0.25, 0.3) is 21.9 Å². The van der Waals surface area contributed by atoms with Crippen molar-refractivity contribution in [2.24, 2.45) is 0 Å². The zero-order valence-corrected chi connectivity index (χ0v) is 15.4. The van der Waals surface area contributed by atoms with E-state index in [1.54, 1.807) is 14.2 Å². The van der Waals surface area contributed by atoms with Gasteiger partial charge in [-0.05, 0) is 46.0 Å². The van der Waals surface area contributed by atoms with Crippen molar-refractivity contribution >= 4 is 10.8 Å². The summed E-state index contributed by atoms with van der Waals surface area (Å²) >= 11 is 0. The number of ether oxygens (including phenoxy) is 2. The highest BCUT2D eigenvalue weighted by Crippen LogP contribution is 2.56. The van der Waals surface area contributed by atoms with Crippen LogP contribution >= 0.6 is 0 Å². The van der Waals surface area contributed by atoms with E-state index in [2.05, 4.69) is 13.8 Å². The molecule has 3 aromatic carbocycles. The fourth-order valence-electron chi connectivity index (χ4n) is 4.15. The zero-order chi connectivity index (χ0) is 18.6. The molecule has 0 heterocycles. The normalized spacial score (nSPS) is 14.2. The Kier molecular flexibility index (Phi) is 3.63. The van der Waals surface area contributed by atoms with Gasteiger partial charge in [0.05, 0.1) is 20.8 Å². The van der Waals surface area contributed by atoms with Gasteiger partial charge in [0.15, 0.2) is 11.5 Å². The van der Waals surface area contributed by atoms with E-state index in [1.165, 1.54) is 0 Å². The van der Waals surface area contributed by atoms with E-state index >= 15 is 0 Å². The Morgan fingerprint density at radius 1 is 0.962 bits per heavy atom. The van der Waals surface area contributed by atoms with Crippen molar-refractivity contribution in [1.82, 2.24) is 0 Å². The van der Waals surface area contributed by atoms with Gasteiger partial charge in [-0.3, -0.25) is 0 Å². The maximum atomic E-state index is 10.7. The molecule has 0 aliphatic heterocycles. The molecule has 0 unspecified atom stereocenters. The van der Waals surface area contributed by atoms with Gasteiger partial charge in [0.25, 0.3) is 0 Å². The van der Waals surface area contributed by atoms with Crippen LogP contribution in [-0.4, -0.2) is 24.4 Å². The third kappa shape index (κ3) is 2.05. The summed E-state index contributed by atoms with van der Waals surface area (Å²) in [5, 5.41) is 21.8. The number of benzene rings is 3. The molecular weight excluding hydrogens is 328 g/mol. The summed E-state index contributed by atoms with van der Waals surface area (Å²) in [4.78, 5) is 0. The summed E-state index contributed by atoms with van der Waals surface area (Å²) in [6.07, 6.45) is 0. The molecule has 0 saturated heterocycles. The first-order valence-electron chi connectivity index (χ1n) is 8.59. The Morgan fingerprint density at radius 2 is 1.73 bits per heavy atom. The predicted molar refractivity (Wildman–Crippen MR) is 102 cm³/mol. The Balaban J connectivity index is 2.20. The van der Waals surface area contributed by atoms with E-state index in [4.69, 9.17) is 9.47 Å². The fourth-order valence-corrected chi connectivity index (χ4v) is 4.15. The molecule has 0 atom stereocenters. The first-order valence-corrected chi connectivity index (χ1v) is 8.59. The second-order valence-corrected chi connectivity index (χ2v) is 7.20. The molecule has 0 fully saturated rings. The number of phenols is 1. The molecule has 4 nitrogen and oxygen atoms in total. The minimum atomic E-state index is -0.296. The summed E-state index contributed by atoms with van der Waals surface area (Å²) in [6, 6.07) is 11.6. The van der Waals surface area contributed by atoms with Crippen LogP contribution in [0.2, 0.25) is 0 Å². The van der Waals surface area contributed by atoms with Gasteiger partial charge >= 0.3 is 0 Å². The van der Waals surface area contributed by atoms with Crippen molar-refractivity contribution in [1.29, 1.82) is 0 Å². The van der Waals surface area contributed by atoms with Gasteiger partial charge in [-0.2, -0.15) is 0 Å². The lowest BCUT2D eigenvalue weighted by atomic mass is 9.81. The lowest BCUT2D eigenvalue weighted by molar-refractivity contribution is 0.281. The summed E-state index contributed by atoms with van der Waals surface area (Å²) < 4.78 is 11.2. The highest BCUT2D eigenvalue weighted by molar-refractivity contribution is 6.09. The van der Waals surface area contributed by atoms with Crippen LogP contribution in [0.15, 0.2) is 36.4 Å². The van der Waals surface area contributed by atoms with Gasteiger partial charge in [-0.1, -0.05) is 32.0 Å². The summed E-state index contributed by atoms with van der Waals surface area (Å²) in [6.45, 7) is 4.27. The smallest absolute Gasteiger partial charge is 0.169 e. The lowest BCUT2D eigenvalue weighted by Crippen LogP contribution is -2.15. The highest BCUT2D eigenvalue weighted by Gasteiger charge is 2.38. The molecule has 2 N–H and O–H groups in total. The average molecular weight is 350 g/mol. The van der Waals surface area contributed by atoms with Crippen molar-refractivity contribution in [2.75, 3.05) is 14.2 Å². The van der Waals surface area contributed by atoms with Crippen LogP contribution in [0.1, 0.15) is 30.5 Å². The van der Waals surface area contributed by atoms with E-state index in [9.17, 15) is 10.2 Å². The summed E-state index contributed by atoms with van der Waals surface area (Å²) in [5.74, 6) is 1.47. The first kappa shape index (κ1) is 16.7. The van der Waals surface area contributed by atoms with Gasteiger partial charge in [-0.15, -0.1) is 0 Å². The number of hydrogen-bond donors (Lipinski definition) is 2. The van der Waals surface area contributed by atoms with Crippen LogP contribution < -0.4 is 9.47 Å². The van der Waals surface area contributed by atoms with Gasteiger partial charge in [0.1, 0.15) is 5.75 Å². The van der Waals surface area contributed by atoms with Gasteiger partial charge in [0.2, 0.25) is 0 Å². The number of methoxy groups -OCH3 is 2. The van der Waals surface area contributed by atoms with Crippen molar-refractivity contribution in [2.45, 2.75) is 25.9 Å². The van der Waals surface area contributed by atoms with Crippen LogP contribution in [0, 0.1) is 0 Å². The van der Waals surface area contributed by atoms with Crippen molar-refractivity contribution in [3.05, 3.63) is 53.1 Å². The number of hydrogen-bond acceptors (Lipinski definition) is 4. The zero-order valence-electron chi connectivity index (χ0n) is 15.4. The Bertz CT molecular complexity index is 1030. The molecule has 4 rings (SSSR count). The molecule has 1 aliphatic rings. The van der Waals surface area contributed by atoms with Crippen molar-refractivity contribution < 1.29 is 19.7 Å². The highest BCUT2D eigenvalue weighted by atomic mass is 16.5. The summed E-state index contributed by atoms with van der Waals surface area (Å²) in [5.41, 5.74) is 4.91. The van der Waals surface area contributed by atoms with Crippen LogP contribution in [-0.2, 0) is 12.0 Å². The third-order valence-electron chi connectivity index (χ3n) is 5.50. The Morgan fingerprint density at radius 3 is 2.38 bits per heavy atom. The topological polar surface area (TPSA) is 58.9 Å². The van der Waals surface area contributed by atoms with E-state index in [1.807, 2.05) is 36.4 Å². The first-order chi connectivity index (χ1) is 12.4. The second kappa shape index (κ2) is 5.64. The number of aliphatic hydroxyl groups is 1. The maximum Gasteiger partial charge on any atom is 0.169 e. The molecule has 0 spiro atoms. The van der Waals surface area contributed by atoms with Crippen molar-refractivity contribution in [3.63, 3.8) is 0 Å². The van der Waals surface area contributed by atoms with Crippen LogP contribution in [0.3, 0.4) is 0 Å². The molecule has 134 valence electrons. The molecule has 4 heteroatoms. The van der Waals surface area contributed by atoms with E-state index in [0.29, 0.717) is 11.5 Å². The minimum Gasteiger partial charge on any atom is -0.507 e.